The van der Waals surface area contributed by atoms with Crippen LogP contribution in [-0.2, 0) is 0 Å². The zero-order chi connectivity index (χ0) is 11.7. The molecule has 0 fully saturated rings. The second-order valence-corrected chi connectivity index (χ2v) is 6.14. The minimum atomic E-state index is 1.09. The van der Waals surface area contributed by atoms with Crippen LogP contribution in [0.15, 0.2) is 49.8 Å². The summed E-state index contributed by atoms with van der Waals surface area (Å²) in [5.41, 5.74) is 3.62. The van der Waals surface area contributed by atoms with E-state index in [0.29, 0.717) is 0 Å². The first-order valence-corrected chi connectivity index (χ1v) is 7.18. The fourth-order valence-corrected chi connectivity index (χ4v) is 3.46. The Kier molecular flexibility index (Phi) is 3.88. The maximum Gasteiger partial charge on any atom is 0.0265 e. The van der Waals surface area contributed by atoms with Gasteiger partial charge < -0.3 is 0 Å². The summed E-state index contributed by atoms with van der Waals surface area (Å²) in [4.78, 5) is 0. The molecule has 0 aromatic heterocycles. The molecule has 0 saturated carbocycles. The molecule has 0 nitrogen and oxygen atoms in total. The van der Waals surface area contributed by atoms with Crippen molar-refractivity contribution in [3.05, 3.63) is 55.4 Å². The Balaban J connectivity index is 2.72. The highest BCUT2D eigenvalue weighted by Crippen LogP contribution is 2.39. The van der Waals surface area contributed by atoms with Gasteiger partial charge in [0.2, 0.25) is 0 Å². The van der Waals surface area contributed by atoms with Gasteiger partial charge >= 0.3 is 0 Å². The van der Waals surface area contributed by atoms with Crippen LogP contribution in [0.3, 0.4) is 0 Å². The van der Waals surface area contributed by atoms with Crippen LogP contribution in [0.25, 0.3) is 11.1 Å². The summed E-state index contributed by atoms with van der Waals surface area (Å²) in [5.74, 6) is 0. The van der Waals surface area contributed by atoms with E-state index in [1.165, 1.54) is 16.7 Å². The molecule has 2 rings (SSSR count). The Morgan fingerprint density at radius 2 is 1.44 bits per heavy atom. The lowest BCUT2D eigenvalue weighted by Crippen LogP contribution is -1.85. The Morgan fingerprint density at radius 3 is 2.06 bits per heavy atom. The maximum atomic E-state index is 3.59. The molecule has 0 aliphatic heterocycles. The van der Waals surface area contributed by atoms with Crippen molar-refractivity contribution in [1.82, 2.24) is 0 Å². The van der Waals surface area contributed by atoms with Gasteiger partial charge in [-0.15, -0.1) is 0 Å². The molecule has 0 aliphatic carbocycles. The molecule has 3 heteroatoms. The highest BCUT2D eigenvalue weighted by atomic mass is 79.9. The molecule has 0 radical (unpaired) electrons. The molecule has 0 saturated heterocycles. The molecule has 0 amide bonds. The zero-order valence-electron chi connectivity index (χ0n) is 8.60. The van der Waals surface area contributed by atoms with Crippen molar-refractivity contribution >= 4 is 47.8 Å². The monoisotopic (exact) mass is 402 g/mol. The van der Waals surface area contributed by atoms with E-state index in [2.05, 4.69) is 85.0 Å². The number of rotatable bonds is 1. The second-order valence-electron chi connectivity index (χ2n) is 3.58. The van der Waals surface area contributed by atoms with E-state index in [-0.39, 0.29) is 0 Å². The second kappa shape index (κ2) is 5.03. The summed E-state index contributed by atoms with van der Waals surface area (Å²) in [6.07, 6.45) is 0. The molecule has 82 valence electrons. The van der Waals surface area contributed by atoms with Crippen molar-refractivity contribution in [2.45, 2.75) is 6.92 Å². The number of hydrogen-bond acceptors (Lipinski definition) is 0. The van der Waals surface area contributed by atoms with Crippen molar-refractivity contribution in [2.75, 3.05) is 0 Å². The van der Waals surface area contributed by atoms with Crippen molar-refractivity contribution in [3.8, 4) is 11.1 Å². The van der Waals surface area contributed by atoms with Crippen molar-refractivity contribution in [3.63, 3.8) is 0 Å². The van der Waals surface area contributed by atoms with Gasteiger partial charge in [-0.05, 0) is 30.7 Å². The van der Waals surface area contributed by atoms with Gasteiger partial charge in [0.25, 0.3) is 0 Å². The van der Waals surface area contributed by atoms with Crippen LogP contribution in [-0.4, -0.2) is 0 Å². The normalized spacial score (nSPS) is 10.5. The van der Waals surface area contributed by atoms with Crippen LogP contribution >= 0.6 is 47.8 Å². The van der Waals surface area contributed by atoms with Crippen molar-refractivity contribution < 1.29 is 0 Å². The lowest BCUT2D eigenvalue weighted by Gasteiger charge is -2.10. The van der Waals surface area contributed by atoms with Gasteiger partial charge in [0.05, 0.1) is 0 Å². The first-order valence-electron chi connectivity index (χ1n) is 4.80. The highest BCUT2D eigenvalue weighted by molar-refractivity contribution is 9.11. The van der Waals surface area contributed by atoms with Gasteiger partial charge in [0.15, 0.2) is 0 Å². The predicted molar refractivity (Wildman–Crippen MR) is 79.7 cm³/mol. The molecule has 0 bridgehead atoms. The summed E-state index contributed by atoms with van der Waals surface area (Å²) < 4.78 is 3.28. The fourth-order valence-electron chi connectivity index (χ4n) is 1.59. The molecule has 0 aliphatic rings. The molecule has 0 atom stereocenters. The molecule has 0 unspecified atom stereocenters. The Labute approximate surface area is 120 Å². The van der Waals surface area contributed by atoms with Crippen molar-refractivity contribution in [1.29, 1.82) is 0 Å². The third-order valence-electron chi connectivity index (χ3n) is 2.35. The van der Waals surface area contributed by atoms with Crippen LogP contribution in [0.1, 0.15) is 5.56 Å². The SMILES string of the molecule is Cc1ccc(Br)c(-c2c(Br)cccc2Br)c1. The lowest BCUT2D eigenvalue weighted by molar-refractivity contribution is 1.44. The fraction of sp³-hybridized carbons (Fsp3) is 0.0769. The molecule has 0 N–H and O–H groups in total. The summed E-state index contributed by atoms with van der Waals surface area (Å²) in [6, 6.07) is 12.5. The third-order valence-corrected chi connectivity index (χ3v) is 4.37. The van der Waals surface area contributed by atoms with Gasteiger partial charge in [-0.1, -0.05) is 71.6 Å². The first kappa shape index (κ1) is 12.3. The molecule has 16 heavy (non-hydrogen) atoms. The van der Waals surface area contributed by atoms with Crippen LogP contribution in [0, 0.1) is 6.92 Å². The predicted octanol–water partition coefficient (Wildman–Crippen LogP) is 5.95. The summed E-state index contributed by atoms with van der Waals surface area (Å²) >= 11 is 10.8. The van der Waals surface area contributed by atoms with Gasteiger partial charge in [0.1, 0.15) is 0 Å². The van der Waals surface area contributed by atoms with Gasteiger partial charge in [-0.3, -0.25) is 0 Å². The number of hydrogen-bond donors (Lipinski definition) is 0. The van der Waals surface area contributed by atoms with E-state index in [0.717, 1.165) is 13.4 Å². The first-order chi connectivity index (χ1) is 7.59. The highest BCUT2D eigenvalue weighted by Gasteiger charge is 2.10. The van der Waals surface area contributed by atoms with Crippen LogP contribution in [0.4, 0.5) is 0 Å². The van der Waals surface area contributed by atoms with Crippen molar-refractivity contribution in [2.24, 2.45) is 0 Å². The van der Waals surface area contributed by atoms with Gasteiger partial charge in [0, 0.05) is 19.0 Å². The Bertz CT molecular complexity index is 512. The summed E-state index contributed by atoms with van der Waals surface area (Å²) in [6.45, 7) is 2.10. The van der Waals surface area contributed by atoms with Gasteiger partial charge in [-0.25, -0.2) is 0 Å². The number of benzene rings is 2. The molecular formula is C13H9Br3. The molecule has 0 heterocycles. The van der Waals surface area contributed by atoms with E-state index < -0.39 is 0 Å². The average Bonchev–Trinajstić information content (AvgIpc) is 2.23. The lowest BCUT2D eigenvalue weighted by atomic mass is 10.0. The summed E-state index contributed by atoms with van der Waals surface area (Å²) in [5, 5.41) is 0. The van der Waals surface area contributed by atoms with Crippen LogP contribution < -0.4 is 0 Å². The van der Waals surface area contributed by atoms with E-state index in [4.69, 9.17) is 0 Å². The smallest absolute Gasteiger partial charge is 0.0265 e. The summed E-state index contributed by atoms with van der Waals surface area (Å²) in [7, 11) is 0. The maximum absolute atomic E-state index is 3.59. The quantitative estimate of drug-likeness (QED) is 0.551. The molecule has 2 aromatic rings. The largest absolute Gasteiger partial charge is 0.0600 e. The van der Waals surface area contributed by atoms with E-state index in [1.54, 1.807) is 0 Å². The zero-order valence-corrected chi connectivity index (χ0v) is 13.4. The number of halogens is 3. The van der Waals surface area contributed by atoms with Crippen LogP contribution in [0.2, 0.25) is 0 Å². The third kappa shape index (κ3) is 2.41. The minimum Gasteiger partial charge on any atom is -0.0600 e. The molecule has 0 spiro atoms. The van der Waals surface area contributed by atoms with E-state index >= 15 is 0 Å². The standard InChI is InChI=1S/C13H9Br3/c1-8-5-6-10(14)9(7-8)13-11(15)3-2-4-12(13)16/h2-7H,1H3. The molecular weight excluding hydrogens is 396 g/mol. The van der Waals surface area contributed by atoms with E-state index in [9.17, 15) is 0 Å². The minimum absolute atomic E-state index is 1.09. The topological polar surface area (TPSA) is 0 Å². The number of aryl methyl sites for hydroxylation is 1. The Hall–Kier alpha value is -0.120. The van der Waals surface area contributed by atoms with Gasteiger partial charge in [-0.2, -0.15) is 0 Å². The van der Waals surface area contributed by atoms with Crippen LogP contribution in [0.5, 0.6) is 0 Å². The van der Waals surface area contributed by atoms with E-state index in [1.807, 2.05) is 6.07 Å². The Morgan fingerprint density at radius 1 is 0.812 bits per heavy atom. The molecule has 2 aromatic carbocycles. The average molecular weight is 405 g/mol.